The third kappa shape index (κ3) is 1.65. The van der Waals surface area contributed by atoms with Crippen LogP contribution in [0.1, 0.15) is 12.0 Å². The minimum Gasteiger partial charge on any atom is -0.370 e. The number of aliphatic hydroxyl groups is 1. The topological polar surface area (TPSA) is 102 Å². The Kier molecular flexibility index (Phi) is 2.71. The molecule has 23 heavy (non-hydrogen) atoms. The van der Waals surface area contributed by atoms with Crippen molar-refractivity contribution in [1.82, 2.24) is 14.5 Å². The first-order valence-corrected chi connectivity index (χ1v) is 7.19. The van der Waals surface area contributed by atoms with Crippen LogP contribution in [-0.2, 0) is 11.8 Å². The number of carbonyl (C=O) groups excluding carboxylic acids is 2. The lowest BCUT2D eigenvalue weighted by molar-refractivity contribution is -0.121. The largest absolute Gasteiger partial charge is 0.370 e. The number of imidazole rings is 1. The van der Waals surface area contributed by atoms with Gasteiger partial charge in [0.25, 0.3) is 0 Å². The fourth-order valence-electron chi connectivity index (χ4n) is 3.41. The van der Waals surface area contributed by atoms with Gasteiger partial charge in [-0.2, -0.15) is 5.26 Å². The summed E-state index contributed by atoms with van der Waals surface area (Å²) in [5.74, 6) is -0.140. The van der Waals surface area contributed by atoms with Gasteiger partial charge in [-0.25, -0.2) is 9.78 Å². The average Bonchev–Trinajstić information content (AvgIpc) is 3.17. The summed E-state index contributed by atoms with van der Waals surface area (Å²) >= 11 is 0. The van der Waals surface area contributed by atoms with Crippen LogP contribution in [0.4, 0.5) is 10.5 Å². The fraction of sp³-hybridized carbons (Fsp3) is 0.333. The van der Waals surface area contributed by atoms with Crippen LogP contribution in [0.25, 0.3) is 11.0 Å². The van der Waals surface area contributed by atoms with Gasteiger partial charge in [0, 0.05) is 20.0 Å². The molecule has 0 spiro atoms. The van der Waals surface area contributed by atoms with E-state index in [1.807, 2.05) is 0 Å². The number of ketones is 1. The van der Waals surface area contributed by atoms with E-state index in [4.69, 9.17) is 0 Å². The van der Waals surface area contributed by atoms with Gasteiger partial charge in [0.05, 0.1) is 23.1 Å². The molecule has 8 heteroatoms. The molecule has 1 aromatic heterocycles. The van der Waals surface area contributed by atoms with E-state index in [9.17, 15) is 20.0 Å². The first kappa shape index (κ1) is 13.7. The molecule has 116 valence electrons. The molecule has 0 saturated carbocycles. The number of benzene rings is 1. The Hall–Kier alpha value is -2.92. The zero-order chi connectivity index (χ0) is 16.3. The summed E-state index contributed by atoms with van der Waals surface area (Å²) in [6.07, 6.45) is 0.581. The minimum absolute atomic E-state index is 0.140. The number of carbonyl (C=O) groups is 2. The van der Waals surface area contributed by atoms with E-state index < -0.39 is 18.3 Å². The van der Waals surface area contributed by atoms with Crippen LogP contribution in [-0.4, -0.2) is 50.2 Å². The Morgan fingerprint density at radius 1 is 1.39 bits per heavy atom. The molecule has 3 heterocycles. The zero-order valence-electron chi connectivity index (χ0n) is 12.3. The Bertz CT molecular complexity index is 896. The molecule has 1 unspecified atom stereocenters. The molecule has 0 radical (unpaired) electrons. The van der Waals surface area contributed by atoms with Crippen molar-refractivity contribution in [1.29, 1.82) is 5.26 Å². The molecule has 4 rings (SSSR count). The molecule has 1 aromatic carbocycles. The van der Waals surface area contributed by atoms with Crippen molar-refractivity contribution in [3.05, 3.63) is 24.0 Å². The molecule has 1 N–H and O–H groups in total. The maximum atomic E-state index is 12.6. The lowest BCUT2D eigenvalue weighted by Gasteiger charge is -2.21. The average molecular weight is 311 g/mol. The van der Waals surface area contributed by atoms with E-state index in [1.54, 1.807) is 30.1 Å². The van der Waals surface area contributed by atoms with E-state index in [0.29, 0.717) is 28.8 Å². The number of aliphatic hydroxyl groups excluding tert-OH is 1. The maximum Gasteiger partial charge on any atom is 0.327 e. The number of aryl methyl sites for hydroxylation is 1. The number of nitrogens with zero attached hydrogens (tertiary/aromatic N) is 5. The molecular weight excluding hydrogens is 298 g/mol. The van der Waals surface area contributed by atoms with Gasteiger partial charge in [0.2, 0.25) is 0 Å². The Morgan fingerprint density at radius 3 is 2.87 bits per heavy atom. The van der Waals surface area contributed by atoms with E-state index in [-0.39, 0.29) is 12.2 Å². The predicted molar refractivity (Wildman–Crippen MR) is 79.4 cm³/mol. The summed E-state index contributed by atoms with van der Waals surface area (Å²) < 4.78 is 1.69. The first-order chi connectivity index (χ1) is 11.0. The molecule has 2 saturated heterocycles. The molecule has 2 aliphatic heterocycles. The third-order valence-electron chi connectivity index (χ3n) is 4.49. The Labute approximate surface area is 131 Å². The van der Waals surface area contributed by atoms with Crippen molar-refractivity contribution >= 4 is 28.5 Å². The molecule has 2 amide bonds. The maximum absolute atomic E-state index is 12.6. The van der Waals surface area contributed by atoms with Crippen LogP contribution < -0.4 is 4.90 Å². The number of nitriles is 1. The van der Waals surface area contributed by atoms with Gasteiger partial charge in [-0.3, -0.25) is 9.69 Å². The number of hydrogen-bond acceptors (Lipinski definition) is 5. The highest BCUT2D eigenvalue weighted by Gasteiger charge is 2.52. The number of fused-ring (bicyclic) bond motifs is 2. The quantitative estimate of drug-likeness (QED) is 0.818. The smallest absolute Gasteiger partial charge is 0.327 e. The number of rotatable bonds is 1. The van der Waals surface area contributed by atoms with E-state index >= 15 is 0 Å². The summed E-state index contributed by atoms with van der Waals surface area (Å²) in [5, 5.41) is 19.7. The number of Topliss-reactive ketones (excluding diaryl/α,β-unsaturated/α-hetero) is 1. The van der Waals surface area contributed by atoms with Crippen LogP contribution in [0.2, 0.25) is 0 Å². The molecule has 2 aliphatic rings. The SMILES string of the molecule is Cn1cnc2c(N3C(=O)N4CCC(=O)[C@H]4C3O)ccc(C#N)c21. The molecule has 0 aliphatic carbocycles. The van der Waals surface area contributed by atoms with Gasteiger partial charge in [-0.1, -0.05) is 0 Å². The van der Waals surface area contributed by atoms with Crippen molar-refractivity contribution < 1.29 is 14.7 Å². The van der Waals surface area contributed by atoms with Crippen LogP contribution in [0, 0.1) is 11.3 Å². The second kappa shape index (κ2) is 4.54. The highest BCUT2D eigenvalue weighted by Crippen LogP contribution is 2.36. The Morgan fingerprint density at radius 2 is 2.17 bits per heavy atom. The highest BCUT2D eigenvalue weighted by atomic mass is 16.3. The second-order valence-corrected chi connectivity index (χ2v) is 5.72. The summed E-state index contributed by atoms with van der Waals surface area (Å²) in [5.41, 5.74) is 1.87. The Balaban J connectivity index is 1.89. The number of aromatic nitrogens is 2. The van der Waals surface area contributed by atoms with Crippen molar-refractivity contribution in [3.63, 3.8) is 0 Å². The zero-order valence-corrected chi connectivity index (χ0v) is 12.3. The van der Waals surface area contributed by atoms with E-state index in [0.717, 1.165) is 0 Å². The lowest BCUT2D eigenvalue weighted by atomic mass is 10.1. The van der Waals surface area contributed by atoms with Crippen molar-refractivity contribution in [2.45, 2.75) is 18.7 Å². The first-order valence-electron chi connectivity index (χ1n) is 7.19. The van der Waals surface area contributed by atoms with Crippen molar-refractivity contribution in [3.8, 4) is 6.07 Å². The molecule has 2 atom stereocenters. The van der Waals surface area contributed by atoms with Gasteiger partial charge in [-0.15, -0.1) is 0 Å². The van der Waals surface area contributed by atoms with Gasteiger partial charge >= 0.3 is 6.03 Å². The van der Waals surface area contributed by atoms with Gasteiger partial charge in [0.1, 0.15) is 17.6 Å². The molecular formula is C15H13N5O3. The fourth-order valence-corrected chi connectivity index (χ4v) is 3.41. The summed E-state index contributed by atoms with van der Waals surface area (Å²) in [6, 6.07) is 4.03. The standard InChI is InChI=1S/C15H13N5O3/c1-18-7-17-11-9(3-2-8(6-16)12(11)18)20-14(22)13-10(21)4-5-19(13)15(20)23/h2-3,7,13-14,22H,4-5H2,1H3/t13-,14?/m0/s1. The van der Waals surface area contributed by atoms with Gasteiger partial charge in [0.15, 0.2) is 12.0 Å². The second-order valence-electron chi connectivity index (χ2n) is 5.72. The minimum atomic E-state index is -1.24. The molecule has 2 fully saturated rings. The van der Waals surface area contributed by atoms with Gasteiger partial charge in [-0.05, 0) is 12.1 Å². The lowest BCUT2D eigenvalue weighted by Crippen LogP contribution is -2.39. The predicted octanol–water partition coefficient (Wildman–Crippen LogP) is 0.347. The molecule has 0 bridgehead atoms. The van der Waals surface area contributed by atoms with Crippen molar-refractivity contribution in [2.75, 3.05) is 11.4 Å². The van der Waals surface area contributed by atoms with Crippen LogP contribution in [0.15, 0.2) is 18.5 Å². The number of urea groups is 1. The molecule has 2 aromatic rings. The van der Waals surface area contributed by atoms with Crippen LogP contribution in [0.5, 0.6) is 0 Å². The monoisotopic (exact) mass is 311 g/mol. The number of anilines is 1. The number of amides is 2. The normalized spacial score (nSPS) is 23.7. The van der Waals surface area contributed by atoms with Crippen LogP contribution in [0.3, 0.4) is 0 Å². The molecule has 8 nitrogen and oxygen atoms in total. The van der Waals surface area contributed by atoms with Crippen molar-refractivity contribution in [2.24, 2.45) is 7.05 Å². The summed E-state index contributed by atoms with van der Waals surface area (Å²) in [6.45, 7) is 0.317. The van der Waals surface area contributed by atoms with Gasteiger partial charge < -0.3 is 14.6 Å². The van der Waals surface area contributed by atoms with E-state index in [1.165, 1.54) is 9.80 Å². The summed E-state index contributed by atoms with van der Waals surface area (Å²) in [7, 11) is 1.75. The number of hydrogen-bond donors (Lipinski definition) is 1. The third-order valence-corrected chi connectivity index (χ3v) is 4.49. The summed E-state index contributed by atoms with van der Waals surface area (Å²) in [4.78, 5) is 31.3. The highest BCUT2D eigenvalue weighted by molar-refractivity contribution is 6.08. The van der Waals surface area contributed by atoms with E-state index in [2.05, 4.69) is 11.1 Å². The van der Waals surface area contributed by atoms with Crippen LogP contribution >= 0.6 is 0 Å².